The van der Waals surface area contributed by atoms with Crippen LogP contribution in [0.2, 0.25) is 0 Å². The van der Waals surface area contributed by atoms with E-state index in [9.17, 15) is 4.79 Å². The average Bonchev–Trinajstić information content (AvgIpc) is 2.15. The molecule has 0 N–H and O–H groups in total. The van der Waals surface area contributed by atoms with Gasteiger partial charge in [0.1, 0.15) is 0 Å². The minimum absolute atomic E-state index is 0.303. The maximum absolute atomic E-state index is 11.1. The molecule has 5 heteroatoms. The zero-order valence-corrected chi connectivity index (χ0v) is 8.46. The van der Waals surface area contributed by atoms with E-state index in [0.717, 1.165) is 0 Å². The Bertz CT molecular complexity index is 144. The first kappa shape index (κ1) is 12.3. The van der Waals surface area contributed by atoms with Crippen LogP contribution in [0.1, 0.15) is 19.8 Å². The Morgan fingerprint density at radius 2 is 1.62 bits per heavy atom. The predicted octanol–water partition coefficient (Wildman–Crippen LogP) is 0.880. The van der Waals surface area contributed by atoms with E-state index in [4.69, 9.17) is 18.9 Å². The number of carbonyl (C=O) groups is 1. The Morgan fingerprint density at radius 1 is 1.15 bits per heavy atom. The SMILES string of the molecule is CCCC(=O)OC(OC)(OC)OC. The van der Waals surface area contributed by atoms with E-state index in [-0.39, 0.29) is 0 Å². The summed E-state index contributed by atoms with van der Waals surface area (Å²) in [5, 5.41) is 0. The Hall–Kier alpha value is -0.650. The monoisotopic (exact) mass is 192 g/mol. The molecule has 0 aromatic carbocycles. The third-order valence-corrected chi connectivity index (χ3v) is 1.44. The van der Waals surface area contributed by atoms with Crippen molar-refractivity contribution in [3.05, 3.63) is 0 Å². The molecule has 0 saturated carbocycles. The minimum Gasteiger partial charge on any atom is -0.384 e. The summed E-state index contributed by atoms with van der Waals surface area (Å²) in [6.45, 7) is 1.87. The number of carbonyl (C=O) groups excluding carboxylic acids is 1. The van der Waals surface area contributed by atoms with Crippen molar-refractivity contribution in [3.63, 3.8) is 0 Å². The van der Waals surface area contributed by atoms with Gasteiger partial charge in [0.05, 0.1) is 0 Å². The van der Waals surface area contributed by atoms with Gasteiger partial charge in [0.25, 0.3) is 0 Å². The Labute approximate surface area is 77.9 Å². The normalized spacial score (nSPS) is 11.4. The predicted molar refractivity (Wildman–Crippen MR) is 44.8 cm³/mol. The van der Waals surface area contributed by atoms with Crippen molar-refractivity contribution in [2.24, 2.45) is 0 Å². The zero-order valence-electron chi connectivity index (χ0n) is 8.46. The molecule has 0 unspecified atom stereocenters. The number of hydrogen-bond acceptors (Lipinski definition) is 5. The molecule has 0 amide bonds. The number of methoxy groups -OCH3 is 3. The highest BCUT2D eigenvalue weighted by Crippen LogP contribution is 2.15. The smallest absolute Gasteiger partial charge is 0.384 e. The molecular formula is C8H16O5. The van der Waals surface area contributed by atoms with E-state index >= 15 is 0 Å². The summed E-state index contributed by atoms with van der Waals surface area (Å²) in [4.78, 5) is 11.1. The molecule has 0 aromatic rings. The van der Waals surface area contributed by atoms with Gasteiger partial charge >= 0.3 is 12.1 Å². The average molecular weight is 192 g/mol. The highest BCUT2D eigenvalue weighted by atomic mass is 17.0. The molecule has 0 aliphatic heterocycles. The molecule has 5 nitrogen and oxygen atoms in total. The lowest BCUT2D eigenvalue weighted by molar-refractivity contribution is -0.462. The lowest BCUT2D eigenvalue weighted by Crippen LogP contribution is -2.41. The third kappa shape index (κ3) is 3.71. The van der Waals surface area contributed by atoms with Gasteiger partial charge in [-0.05, 0) is 6.42 Å². The Balaban J connectivity index is 4.16. The number of rotatable bonds is 6. The van der Waals surface area contributed by atoms with Crippen LogP contribution in [0.15, 0.2) is 0 Å². The summed E-state index contributed by atoms with van der Waals surface area (Å²) >= 11 is 0. The maximum atomic E-state index is 11.1. The Morgan fingerprint density at radius 3 is 1.92 bits per heavy atom. The van der Waals surface area contributed by atoms with Crippen LogP contribution in [-0.4, -0.2) is 33.5 Å². The van der Waals surface area contributed by atoms with Crippen molar-refractivity contribution in [1.82, 2.24) is 0 Å². The molecule has 0 heterocycles. The molecule has 0 rings (SSSR count). The summed E-state index contributed by atoms with van der Waals surface area (Å²) < 4.78 is 19.1. The molecule has 0 fully saturated rings. The van der Waals surface area contributed by atoms with E-state index < -0.39 is 12.1 Å². The zero-order chi connectivity index (χ0) is 10.3. The lowest BCUT2D eigenvalue weighted by atomic mass is 10.3. The van der Waals surface area contributed by atoms with Gasteiger partial charge in [-0.15, -0.1) is 0 Å². The van der Waals surface area contributed by atoms with Gasteiger partial charge in [0, 0.05) is 27.8 Å². The first-order valence-electron chi connectivity index (χ1n) is 4.01. The molecule has 0 aliphatic carbocycles. The van der Waals surface area contributed by atoms with E-state index in [1.165, 1.54) is 21.3 Å². The second kappa shape index (κ2) is 5.90. The van der Waals surface area contributed by atoms with E-state index in [1.807, 2.05) is 6.92 Å². The fourth-order valence-electron chi connectivity index (χ4n) is 0.770. The number of hydrogen-bond donors (Lipinski definition) is 0. The molecule has 0 aromatic heterocycles. The molecule has 0 spiro atoms. The van der Waals surface area contributed by atoms with E-state index in [0.29, 0.717) is 12.8 Å². The van der Waals surface area contributed by atoms with Gasteiger partial charge in [0.2, 0.25) is 0 Å². The third-order valence-electron chi connectivity index (χ3n) is 1.44. The largest absolute Gasteiger partial charge is 0.462 e. The van der Waals surface area contributed by atoms with Crippen LogP contribution in [0, 0.1) is 0 Å². The second-order valence-electron chi connectivity index (χ2n) is 2.34. The lowest BCUT2D eigenvalue weighted by Gasteiger charge is -2.26. The van der Waals surface area contributed by atoms with Crippen molar-refractivity contribution < 1.29 is 23.7 Å². The van der Waals surface area contributed by atoms with E-state index in [2.05, 4.69) is 0 Å². The molecule has 0 atom stereocenters. The highest BCUT2D eigenvalue weighted by molar-refractivity contribution is 5.69. The molecular weight excluding hydrogens is 176 g/mol. The molecule has 0 saturated heterocycles. The summed E-state index contributed by atoms with van der Waals surface area (Å²) in [7, 11) is 3.98. The van der Waals surface area contributed by atoms with Gasteiger partial charge < -0.3 is 4.74 Å². The molecule has 0 radical (unpaired) electrons. The summed E-state index contributed by atoms with van der Waals surface area (Å²) in [6, 6.07) is 0. The fraction of sp³-hybridized carbons (Fsp3) is 0.875. The van der Waals surface area contributed by atoms with Crippen molar-refractivity contribution in [2.45, 2.75) is 25.9 Å². The number of ether oxygens (including phenoxy) is 4. The van der Waals surface area contributed by atoms with Crippen molar-refractivity contribution in [2.75, 3.05) is 21.3 Å². The molecule has 0 aliphatic rings. The van der Waals surface area contributed by atoms with Gasteiger partial charge in [-0.25, -0.2) is 0 Å². The topological polar surface area (TPSA) is 54.0 Å². The van der Waals surface area contributed by atoms with E-state index in [1.54, 1.807) is 0 Å². The van der Waals surface area contributed by atoms with Gasteiger partial charge in [-0.3, -0.25) is 19.0 Å². The van der Waals surface area contributed by atoms with Crippen LogP contribution in [-0.2, 0) is 23.7 Å². The second-order valence-corrected chi connectivity index (χ2v) is 2.34. The van der Waals surface area contributed by atoms with Gasteiger partial charge in [0.15, 0.2) is 0 Å². The first-order chi connectivity index (χ1) is 6.14. The van der Waals surface area contributed by atoms with Crippen LogP contribution in [0.5, 0.6) is 0 Å². The van der Waals surface area contributed by atoms with Crippen LogP contribution < -0.4 is 0 Å². The maximum Gasteiger partial charge on any atom is 0.462 e. The fourth-order valence-corrected chi connectivity index (χ4v) is 0.770. The van der Waals surface area contributed by atoms with Crippen LogP contribution in [0.3, 0.4) is 0 Å². The van der Waals surface area contributed by atoms with Gasteiger partial charge in [-0.2, -0.15) is 0 Å². The molecule has 13 heavy (non-hydrogen) atoms. The Kier molecular flexibility index (Phi) is 5.61. The summed E-state index contributed by atoms with van der Waals surface area (Å²) in [5.41, 5.74) is 0. The molecule has 78 valence electrons. The van der Waals surface area contributed by atoms with Crippen molar-refractivity contribution in [1.29, 1.82) is 0 Å². The summed E-state index contributed by atoms with van der Waals surface area (Å²) in [5.74, 6) is -0.423. The highest BCUT2D eigenvalue weighted by Gasteiger charge is 2.35. The van der Waals surface area contributed by atoms with Crippen LogP contribution >= 0.6 is 0 Å². The standard InChI is InChI=1S/C8H16O5/c1-5-6-7(9)13-8(10-2,11-3)12-4/h5-6H2,1-4H3. The first-order valence-corrected chi connectivity index (χ1v) is 4.01. The van der Waals surface area contributed by atoms with Crippen molar-refractivity contribution >= 4 is 5.97 Å². The quantitative estimate of drug-likeness (QED) is 0.462. The van der Waals surface area contributed by atoms with Crippen molar-refractivity contribution in [3.8, 4) is 0 Å². The van der Waals surface area contributed by atoms with Crippen LogP contribution in [0.4, 0.5) is 0 Å². The molecule has 0 bridgehead atoms. The van der Waals surface area contributed by atoms with Gasteiger partial charge in [-0.1, -0.05) is 6.92 Å². The van der Waals surface area contributed by atoms with Crippen LogP contribution in [0.25, 0.3) is 0 Å². The minimum atomic E-state index is -1.70. The number of esters is 1. The summed E-state index contributed by atoms with van der Waals surface area (Å²) in [6.07, 6.45) is -0.698.